The van der Waals surface area contributed by atoms with E-state index in [-0.39, 0.29) is 0 Å². The third-order valence-corrected chi connectivity index (χ3v) is 4.02. The SMILES string of the molecule is CCCCCCC(N)C(=O)O.CCCCCCC(NC(=O)OC(C)(C)C)C(=O)O. The summed E-state index contributed by atoms with van der Waals surface area (Å²) in [5.41, 5.74) is 4.68. The van der Waals surface area contributed by atoms with Crippen LogP contribution in [0, 0.1) is 0 Å². The second-order valence-corrected chi connectivity index (χ2v) is 8.18. The van der Waals surface area contributed by atoms with Crippen molar-refractivity contribution in [2.24, 2.45) is 5.73 Å². The van der Waals surface area contributed by atoms with Crippen LogP contribution in [-0.2, 0) is 14.3 Å². The van der Waals surface area contributed by atoms with Crippen molar-refractivity contribution < 1.29 is 29.3 Å². The summed E-state index contributed by atoms with van der Waals surface area (Å²) in [6, 6.07) is -1.52. The monoisotopic (exact) mass is 418 g/mol. The number of ether oxygens (including phenoxy) is 1. The Labute approximate surface area is 175 Å². The molecular weight excluding hydrogens is 376 g/mol. The van der Waals surface area contributed by atoms with Crippen molar-refractivity contribution in [3.8, 4) is 0 Å². The zero-order valence-electron chi connectivity index (χ0n) is 18.8. The molecule has 0 saturated heterocycles. The summed E-state index contributed by atoms with van der Waals surface area (Å²) in [4.78, 5) is 32.7. The Kier molecular flexibility index (Phi) is 17.3. The lowest BCUT2D eigenvalue weighted by atomic mass is 10.1. The highest BCUT2D eigenvalue weighted by molar-refractivity contribution is 5.79. The number of aliphatic carboxylic acids is 2. The molecule has 0 rings (SSSR count). The number of unbranched alkanes of at least 4 members (excludes halogenated alkanes) is 6. The molecule has 8 nitrogen and oxygen atoms in total. The lowest BCUT2D eigenvalue weighted by molar-refractivity contribution is -0.140. The zero-order chi connectivity index (χ0) is 22.9. The number of hydrogen-bond donors (Lipinski definition) is 4. The normalized spacial score (nSPS) is 12.9. The van der Waals surface area contributed by atoms with E-state index < -0.39 is 35.7 Å². The van der Waals surface area contributed by atoms with E-state index in [2.05, 4.69) is 19.2 Å². The van der Waals surface area contributed by atoms with E-state index in [1.165, 1.54) is 12.8 Å². The molecule has 0 saturated carbocycles. The number of carbonyl (C=O) groups is 3. The second kappa shape index (κ2) is 17.1. The number of nitrogens with one attached hydrogen (secondary N) is 1. The first-order valence-electron chi connectivity index (χ1n) is 10.6. The van der Waals surface area contributed by atoms with Crippen molar-refractivity contribution in [3.63, 3.8) is 0 Å². The van der Waals surface area contributed by atoms with Gasteiger partial charge in [0.2, 0.25) is 0 Å². The number of rotatable bonds is 13. The van der Waals surface area contributed by atoms with Crippen LogP contribution in [0.2, 0.25) is 0 Å². The maximum absolute atomic E-state index is 11.5. The molecule has 0 aromatic rings. The molecule has 0 aliphatic heterocycles. The van der Waals surface area contributed by atoms with Gasteiger partial charge in [-0.05, 0) is 33.6 Å². The van der Waals surface area contributed by atoms with E-state index in [1.807, 2.05) is 0 Å². The predicted octanol–water partition coefficient (Wildman–Crippen LogP) is 4.30. The van der Waals surface area contributed by atoms with Crippen molar-refractivity contribution in [3.05, 3.63) is 0 Å². The molecule has 0 spiro atoms. The Bertz CT molecular complexity index is 463. The van der Waals surface area contributed by atoms with Crippen LogP contribution in [-0.4, -0.2) is 45.9 Å². The van der Waals surface area contributed by atoms with Crippen molar-refractivity contribution in [2.75, 3.05) is 0 Å². The number of nitrogens with two attached hydrogens (primary N) is 1. The molecule has 1 amide bonds. The summed E-state index contributed by atoms with van der Waals surface area (Å²) < 4.78 is 5.03. The summed E-state index contributed by atoms with van der Waals surface area (Å²) >= 11 is 0. The number of carboxylic acid groups (broad SMARTS) is 2. The van der Waals surface area contributed by atoms with Crippen LogP contribution < -0.4 is 11.1 Å². The smallest absolute Gasteiger partial charge is 0.408 e. The first kappa shape index (κ1) is 29.4. The molecule has 0 aromatic heterocycles. The van der Waals surface area contributed by atoms with Gasteiger partial charge in [0.1, 0.15) is 17.7 Å². The quantitative estimate of drug-likeness (QED) is 0.327. The number of amides is 1. The predicted molar refractivity (Wildman–Crippen MR) is 114 cm³/mol. The Morgan fingerprint density at radius 1 is 0.862 bits per heavy atom. The average molecular weight is 419 g/mol. The summed E-state index contributed by atoms with van der Waals surface area (Å²) in [6.07, 6.45) is 8.69. The van der Waals surface area contributed by atoms with Crippen LogP contribution in [0.15, 0.2) is 0 Å². The van der Waals surface area contributed by atoms with Gasteiger partial charge in [-0.3, -0.25) is 4.79 Å². The van der Waals surface area contributed by atoms with Gasteiger partial charge in [0, 0.05) is 0 Å². The van der Waals surface area contributed by atoms with E-state index in [4.69, 9.17) is 20.7 Å². The summed E-state index contributed by atoms with van der Waals surface area (Å²) in [5.74, 6) is -1.90. The van der Waals surface area contributed by atoms with E-state index in [0.717, 1.165) is 38.5 Å². The van der Waals surface area contributed by atoms with E-state index in [9.17, 15) is 14.4 Å². The van der Waals surface area contributed by atoms with E-state index in [1.54, 1.807) is 20.8 Å². The molecule has 0 radical (unpaired) electrons. The standard InChI is InChI=1S/C13H25NO4.C8H17NO2/c1-5-6-7-8-9-10(11(15)16)14-12(17)18-13(2,3)4;1-2-3-4-5-6-7(9)8(10)11/h10H,5-9H2,1-4H3,(H,14,17)(H,15,16);7H,2-6,9H2,1H3,(H,10,11). The number of hydrogen-bond acceptors (Lipinski definition) is 5. The van der Waals surface area contributed by atoms with Gasteiger partial charge in [0.15, 0.2) is 0 Å². The maximum Gasteiger partial charge on any atom is 0.408 e. The summed E-state index contributed by atoms with van der Waals surface area (Å²) in [6.45, 7) is 9.43. The molecule has 8 heteroatoms. The Balaban J connectivity index is 0. The molecule has 0 fully saturated rings. The van der Waals surface area contributed by atoms with Gasteiger partial charge in [-0.15, -0.1) is 0 Å². The second-order valence-electron chi connectivity index (χ2n) is 8.18. The molecule has 2 atom stereocenters. The van der Waals surface area contributed by atoms with Crippen LogP contribution in [0.5, 0.6) is 0 Å². The van der Waals surface area contributed by atoms with Crippen LogP contribution in [0.3, 0.4) is 0 Å². The number of alkyl carbamates (subject to hydrolysis) is 1. The van der Waals surface area contributed by atoms with Crippen LogP contribution >= 0.6 is 0 Å². The van der Waals surface area contributed by atoms with Gasteiger partial charge >= 0.3 is 18.0 Å². The van der Waals surface area contributed by atoms with Gasteiger partial charge < -0.3 is 26.0 Å². The highest BCUT2D eigenvalue weighted by Crippen LogP contribution is 2.09. The van der Waals surface area contributed by atoms with Gasteiger partial charge in [0.05, 0.1) is 0 Å². The Morgan fingerprint density at radius 2 is 1.34 bits per heavy atom. The highest BCUT2D eigenvalue weighted by atomic mass is 16.6. The molecule has 0 heterocycles. The van der Waals surface area contributed by atoms with Crippen LogP contribution in [0.4, 0.5) is 4.79 Å². The minimum Gasteiger partial charge on any atom is -0.480 e. The third kappa shape index (κ3) is 20.7. The van der Waals surface area contributed by atoms with Crippen molar-refractivity contribution >= 4 is 18.0 Å². The van der Waals surface area contributed by atoms with Crippen molar-refractivity contribution in [1.82, 2.24) is 5.32 Å². The number of carbonyl (C=O) groups excluding carboxylic acids is 1. The fourth-order valence-corrected chi connectivity index (χ4v) is 2.40. The maximum atomic E-state index is 11.5. The molecule has 0 aliphatic rings. The van der Waals surface area contributed by atoms with Crippen molar-refractivity contribution in [1.29, 1.82) is 0 Å². The summed E-state index contributed by atoms with van der Waals surface area (Å²) in [7, 11) is 0. The van der Waals surface area contributed by atoms with Gasteiger partial charge in [-0.2, -0.15) is 0 Å². The largest absolute Gasteiger partial charge is 0.480 e. The highest BCUT2D eigenvalue weighted by Gasteiger charge is 2.23. The van der Waals surface area contributed by atoms with E-state index in [0.29, 0.717) is 12.8 Å². The topological polar surface area (TPSA) is 139 Å². The minimum atomic E-state index is -1.02. The first-order chi connectivity index (χ1) is 13.4. The van der Waals surface area contributed by atoms with Gasteiger partial charge in [-0.1, -0.05) is 65.2 Å². The molecule has 0 bridgehead atoms. The van der Waals surface area contributed by atoms with Crippen LogP contribution in [0.25, 0.3) is 0 Å². The minimum absolute atomic E-state index is 0.439. The van der Waals surface area contributed by atoms with Crippen molar-refractivity contribution in [2.45, 2.75) is 117 Å². The molecule has 0 aromatic carbocycles. The van der Waals surface area contributed by atoms with E-state index >= 15 is 0 Å². The Morgan fingerprint density at radius 3 is 1.72 bits per heavy atom. The van der Waals surface area contributed by atoms with Crippen LogP contribution in [0.1, 0.15) is 98.8 Å². The van der Waals surface area contributed by atoms with Gasteiger partial charge in [0.25, 0.3) is 0 Å². The summed E-state index contributed by atoms with van der Waals surface area (Å²) in [5, 5.41) is 19.8. The lowest BCUT2D eigenvalue weighted by Gasteiger charge is -2.22. The molecule has 172 valence electrons. The zero-order valence-corrected chi connectivity index (χ0v) is 18.8. The van der Waals surface area contributed by atoms with Gasteiger partial charge in [-0.25, -0.2) is 9.59 Å². The Hall–Kier alpha value is -1.83. The fourth-order valence-electron chi connectivity index (χ4n) is 2.40. The number of carboxylic acids is 2. The fraction of sp³-hybridized carbons (Fsp3) is 0.857. The molecule has 5 N–H and O–H groups in total. The first-order valence-corrected chi connectivity index (χ1v) is 10.6. The molecular formula is C21H42N2O6. The average Bonchev–Trinajstić information content (AvgIpc) is 2.59. The molecule has 0 aliphatic carbocycles. The molecule has 2 unspecified atom stereocenters. The lowest BCUT2D eigenvalue weighted by Crippen LogP contribution is -2.43. The molecule has 29 heavy (non-hydrogen) atoms. The third-order valence-electron chi connectivity index (χ3n) is 4.02.